The molecule has 0 spiro atoms. The largest absolute Gasteiger partial charge is 0.445 e. The van der Waals surface area contributed by atoms with Crippen LogP contribution < -0.4 is 32.3 Å². The maximum Gasteiger partial charge on any atom is 0.409 e. The molecule has 8 amide bonds. The van der Waals surface area contributed by atoms with Gasteiger partial charge in [-0.2, -0.15) is 0 Å². The predicted octanol–water partition coefficient (Wildman–Crippen LogP) is 2.39. The van der Waals surface area contributed by atoms with Crippen molar-refractivity contribution in [2.45, 2.75) is 85.3 Å². The Morgan fingerprint density at radius 2 is 1.51 bits per heavy atom. The van der Waals surface area contributed by atoms with Crippen molar-refractivity contribution in [1.29, 1.82) is 0 Å². The van der Waals surface area contributed by atoms with Gasteiger partial charge in [0.1, 0.15) is 12.6 Å². The molecule has 16 heteroatoms. The van der Waals surface area contributed by atoms with Gasteiger partial charge in [-0.25, -0.2) is 9.59 Å². The average molecular weight is 719 g/mol. The molecule has 0 aromatic heterocycles. The van der Waals surface area contributed by atoms with Crippen LogP contribution >= 0.6 is 0 Å². The second-order valence-electron chi connectivity index (χ2n) is 11.3. The van der Waals surface area contributed by atoms with E-state index in [4.69, 9.17) is 10.5 Å². The minimum absolute atomic E-state index is 0.0482. The smallest absolute Gasteiger partial charge is 0.409 e. The van der Waals surface area contributed by atoms with E-state index in [2.05, 4.69) is 40.4 Å². The van der Waals surface area contributed by atoms with Crippen LogP contribution in [0.15, 0.2) is 36.4 Å². The van der Waals surface area contributed by atoms with Crippen LogP contribution in [0.4, 0.5) is 15.3 Å². The molecular formula is C35H58N8O8. The van der Waals surface area contributed by atoms with Gasteiger partial charge in [-0.3, -0.25) is 28.9 Å². The van der Waals surface area contributed by atoms with E-state index in [-0.39, 0.29) is 56.8 Å². The van der Waals surface area contributed by atoms with Crippen LogP contribution in [0.3, 0.4) is 0 Å². The molecule has 51 heavy (non-hydrogen) atoms. The van der Waals surface area contributed by atoms with Crippen LogP contribution in [0.1, 0.15) is 78.2 Å². The molecule has 2 rings (SSSR count). The van der Waals surface area contributed by atoms with E-state index in [1.54, 1.807) is 38.4 Å². The quantitative estimate of drug-likeness (QED) is 0.0860. The number of ether oxygens (including phenoxy) is 1. The first-order chi connectivity index (χ1) is 24.4. The van der Waals surface area contributed by atoms with Crippen molar-refractivity contribution < 1.29 is 38.3 Å². The number of likely N-dealkylation sites (N-methyl/N-ethyl adjacent to an activating group) is 2. The van der Waals surface area contributed by atoms with Gasteiger partial charge in [0.25, 0.3) is 11.8 Å². The molecule has 1 aliphatic heterocycles. The lowest BCUT2D eigenvalue weighted by molar-refractivity contribution is -0.137. The Kier molecular flexibility index (Phi) is 25.1. The van der Waals surface area contributed by atoms with Crippen LogP contribution in [0.2, 0.25) is 0 Å². The second-order valence-corrected chi connectivity index (χ2v) is 11.3. The molecule has 0 saturated heterocycles. The fraction of sp³-hybridized carbons (Fsp3) is 0.571. The Bertz CT molecular complexity index is 1250. The third kappa shape index (κ3) is 21.0. The molecule has 1 unspecified atom stereocenters. The topological polar surface area (TPSA) is 221 Å². The molecule has 16 nitrogen and oxygen atoms in total. The normalized spacial score (nSPS) is 12.0. The molecule has 0 bridgehead atoms. The summed E-state index contributed by atoms with van der Waals surface area (Å²) in [7, 11) is 3.43. The first-order valence-electron chi connectivity index (χ1n) is 17.5. The number of rotatable bonds is 20. The summed E-state index contributed by atoms with van der Waals surface area (Å²) in [5.74, 6) is -2.13. The Hall–Kier alpha value is -4.99. The van der Waals surface area contributed by atoms with E-state index in [1.165, 1.54) is 23.5 Å². The fourth-order valence-electron chi connectivity index (χ4n) is 4.22. The first kappa shape index (κ1) is 46.0. The van der Waals surface area contributed by atoms with E-state index in [1.807, 2.05) is 13.8 Å². The standard InChI is InChI=1S/C30H44N8O8.C3H8.C2H6/c1-32-16-18-37(2)30(45)46-20-21-9-11-22(12-10-21)35-28(43)23(7-6-15-33-29(31)44)36-25(40)19-34-24(39)8-4-3-5-17-38-26(41)13-14-27(38)42;1-3-2;1-2/h9-14,23,32H,3-8,15-20H2,1-2H3,(H,34,39)(H,35,43)(H,36,40)(H3,31,33,44);3H2,1-2H3;1-2H3. The number of unbranched alkanes of at least 4 members (excludes halogenated alkanes) is 2. The SMILES string of the molecule is CC.CCC.CNCCN(C)C(=O)OCc1ccc(NC(=O)C(CCCNC(N)=O)NC(=O)CNC(=O)CCCCCN2C(=O)C=CC2=O)cc1. The monoisotopic (exact) mass is 718 g/mol. The van der Waals surface area contributed by atoms with Crippen LogP contribution in [0, 0.1) is 0 Å². The molecule has 1 aliphatic rings. The summed E-state index contributed by atoms with van der Waals surface area (Å²) in [5, 5.41) is 13.3. The summed E-state index contributed by atoms with van der Waals surface area (Å²) in [6, 6.07) is 4.98. The van der Waals surface area contributed by atoms with E-state index >= 15 is 0 Å². The lowest BCUT2D eigenvalue weighted by atomic mass is 10.1. The molecule has 0 saturated carbocycles. The number of nitrogens with zero attached hydrogens (tertiary/aromatic N) is 2. The van der Waals surface area contributed by atoms with Crippen molar-refractivity contribution in [2.75, 3.05) is 52.1 Å². The Morgan fingerprint density at radius 1 is 0.882 bits per heavy atom. The Balaban J connectivity index is 0.00000473. The van der Waals surface area contributed by atoms with Crippen LogP contribution in [0.5, 0.6) is 0 Å². The number of hydrogen-bond acceptors (Lipinski definition) is 9. The number of imide groups is 1. The number of carbonyl (C=O) groups excluding carboxylic acids is 7. The maximum absolute atomic E-state index is 13.1. The maximum atomic E-state index is 13.1. The summed E-state index contributed by atoms with van der Waals surface area (Å²) in [4.78, 5) is 86.6. The van der Waals surface area contributed by atoms with Gasteiger partial charge in [-0.05, 0) is 50.4 Å². The number of benzene rings is 1. The highest BCUT2D eigenvalue weighted by atomic mass is 16.6. The lowest BCUT2D eigenvalue weighted by Gasteiger charge is -2.19. The van der Waals surface area contributed by atoms with Crippen molar-refractivity contribution in [3.63, 3.8) is 0 Å². The number of anilines is 1. The highest BCUT2D eigenvalue weighted by molar-refractivity contribution is 6.12. The van der Waals surface area contributed by atoms with Gasteiger partial charge >= 0.3 is 12.1 Å². The molecular weight excluding hydrogens is 660 g/mol. The summed E-state index contributed by atoms with van der Waals surface area (Å²) < 4.78 is 5.29. The average Bonchev–Trinajstić information content (AvgIpc) is 3.43. The van der Waals surface area contributed by atoms with Crippen LogP contribution in [-0.4, -0.2) is 104 Å². The zero-order valence-electron chi connectivity index (χ0n) is 31.0. The summed E-state index contributed by atoms with van der Waals surface area (Å²) in [6.07, 6.45) is 5.57. The summed E-state index contributed by atoms with van der Waals surface area (Å²) in [5.41, 5.74) is 6.25. The van der Waals surface area contributed by atoms with Gasteiger partial charge in [0.2, 0.25) is 17.7 Å². The van der Waals surface area contributed by atoms with Crippen LogP contribution in [0.25, 0.3) is 0 Å². The minimum Gasteiger partial charge on any atom is -0.445 e. The Labute approximate surface area is 301 Å². The van der Waals surface area contributed by atoms with Gasteiger partial charge in [-0.1, -0.05) is 52.7 Å². The number of hydrogen-bond donors (Lipinski definition) is 6. The van der Waals surface area contributed by atoms with E-state index in [0.717, 1.165) is 4.90 Å². The number of urea groups is 1. The number of nitrogens with one attached hydrogen (secondary N) is 5. The molecule has 0 fully saturated rings. The lowest BCUT2D eigenvalue weighted by Crippen LogP contribution is -2.47. The molecule has 1 heterocycles. The Morgan fingerprint density at radius 3 is 2.10 bits per heavy atom. The highest BCUT2D eigenvalue weighted by Gasteiger charge is 2.23. The van der Waals surface area contributed by atoms with Gasteiger partial charge in [0.15, 0.2) is 0 Å². The number of nitrogens with two attached hydrogens (primary N) is 1. The molecule has 1 aromatic rings. The van der Waals surface area contributed by atoms with Crippen molar-refractivity contribution in [2.24, 2.45) is 5.73 Å². The molecule has 1 aromatic carbocycles. The van der Waals surface area contributed by atoms with E-state index < -0.39 is 30.0 Å². The molecule has 0 radical (unpaired) electrons. The van der Waals surface area contributed by atoms with Crippen LogP contribution in [-0.2, 0) is 35.3 Å². The fourth-order valence-corrected chi connectivity index (χ4v) is 4.22. The van der Waals surface area contributed by atoms with E-state index in [9.17, 15) is 33.6 Å². The third-order valence-corrected chi connectivity index (χ3v) is 6.85. The number of amides is 8. The molecule has 0 aliphatic carbocycles. The van der Waals surface area contributed by atoms with Gasteiger partial charge in [-0.15, -0.1) is 0 Å². The number of primary amides is 1. The third-order valence-electron chi connectivity index (χ3n) is 6.85. The van der Waals surface area contributed by atoms with Gasteiger partial charge < -0.3 is 42.0 Å². The minimum atomic E-state index is -0.974. The van der Waals surface area contributed by atoms with Gasteiger partial charge in [0.05, 0.1) is 6.54 Å². The summed E-state index contributed by atoms with van der Waals surface area (Å²) >= 11 is 0. The zero-order chi connectivity index (χ0) is 38.6. The van der Waals surface area contributed by atoms with Crippen molar-refractivity contribution in [3.8, 4) is 0 Å². The molecule has 1 atom stereocenters. The zero-order valence-corrected chi connectivity index (χ0v) is 31.0. The van der Waals surface area contributed by atoms with E-state index in [0.29, 0.717) is 50.0 Å². The second kappa shape index (κ2) is 27.8. The van der Waals surface area contributed by atoms with Crippen molar-refractivity contribution >= 4 is 47.3 Å². The van der Waals surface area contributed by atoms with Crippen molar-refractivity contribution in [3.05, 3.63) is 42.0 Å². The number of carbonyl (C=O) groups is 7. The molecule has 286 valence electrons. The first-order valence-corrected chi connectivity index (χ1v) is 17.5. The predicted molar refractivity (Wildman–Crippen MR) is 195 cm³/mol. The van der Waals surface area contributed by atoms with Crippen molar-refractivity contribution in [1.82, 2.24) is 31.1 Å². The highest BCUT2D eigenvalue weighted by Crippen LogP contribution is 2.13. The summed E-state index contributed by atoms with van der Waals surface area (Å²) in [6.45, 7) is 9.55. The molecule has 7 N–H and O–H groups in total. The van der Waals surface area contributed by atoms with Gasteiger partial charge in [0, 0.05) is 57.5 Å².